The quantitative estimate of drug-likeness (QED) is 0.447. The highest BCUT2D eigenvalue weighted by Gasteiger charge is 2.24. The zero-order chi connectivity index (χ0) is 24.6. The molecule has 0 saturated heterocycles. The van der Waals surface area contributed by atoms with Crippen molar-refractivity contribution in [2.75, 3.05) is 37.9 Å². The van der Waals surface area contributed by atoms with Gasteiger partial charge in [-0.1, -0.05) is 36.4 Å². The molecule has 0 unspecified atom stereocenters. The van der Waals surface area contributed by atoms with E-state index in [9.17, 15) is 13.2 Å². The highest BCUT2D eigenvalue weighted by atomic mass is 32.2. The first-order chi connectivity index (χ1) is 16.3. The minimum Gasteiger partial charge on any atom is -0.493 e. The van der Waals surface area contributed by atoms with Crippen LogP contribution in [0.3, 0.4) is 0 Å². The average molecular weight is 485 g/mol. The van der Waals surface area contributed by atoms with E-state index in [0.717, 1.165) is 16.1 Å². The fourth-order valence-electron chi connectivity index (χ4n) is 3.31. The van der Waals surface area contributed by atoms with Gasteiger partial charge in [-0.15, -0.1) is 0 Å². The summed E-state index contributed by atoms with van der Waals surface area (Å²) in [5, 5.41) is 2.78. The first kappa shape index (κ1) is 24.9. The van der Waals surface area contributed by atoms with E-state index in [4.69, 9.17) is 14.2 Å². The van der Waals surface area contributed by atoms with Crippen molar-refractivity contribution in [1.82, 2.24) is 5.32 Å². The molecule has 0 aromatic heterocycles. The Bertz CT molecular complexity index is 1220. The van der Waals surface area contributed by atoms with Crippen molar-refractivity contribution in [3.8, 4) is 23.0 Å². The Kier molecular flexibility index (Phi) is 8.37. The molecule has 0 aliphatic heterocycles. The van der Waals surface area contributed by atoms with E-state index in [2.05, 4.69) is 5.32 Å². The molecule has 9 heteroatoms. The van der Waals surface area contributed by atoms with E-state index in [0.29, 0.717) is 36.0 Å². The summed E-state index contributed by atoms with van der Waals surface area (Å²) in [4.78, 5) is 12.7. The Morgan fingerprint density at radius 1 is 0.882 bits per heavy atom. The predicted octanol–water partition coefficient (Wildman–Crippen LogP) is 3.62. The SMILES string of the molecule is COc1ccc(CCNC(=O)CN(c2ccccc2Oc2ccccc2)S(C)(=O)=O)cc1OC. The lowest BCUT2D eigenvalue weighted by Gasteiger charge is -2.24. The Hall–Kier alpha value is -3.72. The number of para-hydroxylation sites is 3. The number of nitrogens with one attached hydrogen (secondary N) is 1. The summed E-state index contributed by atoms with van der Waals surface area (Å²) in [7, 11) is -0.638. The lowest BCUT2D eigenvalue weighted by molar-refractivity contribution is -0.119. The molecule has 3 aromatic rings. The van der Waals surface area contributed by atoms with Crippen LogP contribution in [0.1, 0.15) is 5.56 Å². The summed E-state index contributed by atoms with van der Waals surface area (Å²) in [5.74, 6) is 1.68. The van der Waals surface area contributed by atoms with Gasteiger partial charge >= 0.3 is 0 Å². The number of anilines is 1. The average Bonchev–Trinajstić information content (AvgIpc) is 2.83. The summed E-state index contributed by atoms with van der Waals surface area (Å²) in [6, 6.07) is 21.2. The van der Waals surface area contributed by atoms with Crippen molar-refractivity contribution in [3.63, 3.8) is 0 Å². The summed E-state index contributed by atoms with van der Waals surface area (Å²) < 4.78 is 42.6. The highest BCUT2D eigenvalue weighted by Crippen LogP contribution is 2.33. The molecule has 1 amide bonds. The second-order valence-corrected chi connectivity index (χ2v) is 9.35. The van der Waals surface area contributed by atoms with E-state index >= 15 is 0 Å². The topological polar surface area (TPSA) is 94.2 Å². The first-order valence-electron chi connectivity index (χ1n) is 10.6. The van der Waals surface area contributed by atoms with E-state index in [1.165, 1.54) is 0 Å². The van der Waals surface area contributed by atoms with Gasteiger partial charge in [0.15, 0.2) is 17.2 Å². The molecule has 0 aliphatic carbocycles. The number of carbonyl (C=O) groups excluding carboxylic acids is 1. The smallest absolute Gasteiger partial charge is 0.240 e. The summed E-state index contributed by atoms with van der Waals surface area (Å²) in [5.41, 5.74) is 1.23. The van der Waals surface area contributed by atoms with E-state index in [1.807, 2.05) is 30.3 Å². The number of sulfonamides is 1. The number of benzene rings is 3. The van der Waals surface area contributed by atoms with Crippen LogP contribution in [0.25, 0.3) is 0 Å². The molecule has 3 aromatic carbocycles. The maximum Gasteiger partial charge on any atom is 0.240 e. The van der Waals surface area contributed by atoms with Crippen molar-refractivity contribution in [2.45, 2.75) is 6.42 Å². The zero-order valence-electron chi connectivity index (χ0n) is 19.4. The third-order valence-electron chi connectivity index (χ3n) is 4.98. The first-order valence-corrected chi connectivity index (χ1v) is 12.4. The summed E-state index contributed by atoms with van der Waals surface area (Å²) in [6.07, 6.45) is 1.60. The number of methoxy groups -OCH3 is 2. The van der Waals surface area contributed by atoms with Gasteiger partial charge in [0.1, 0.15) is 12.3 Å². The minimum absolute atomic E-state index is 0.281. The Balaban J connectivity index is 1.69. The maximum absolute atomic E-state index is 12.7. The van der Waals surface area contributed by atoms with E-state index in [1.54, 1.807) is 56.7 Å². The third kappa shape index (κ3) is 6.64. The predicted molar refractivity (Wildman–Crippen MR) is 131 cm³/mol. The number of nitrogens with zero attached hydrogens (tertiary/aromatic N) is 1. The lowest BCUT2D eigenvalue weighted by atomic mass is 10.1. The summed E-state index contributed by atoms with van der Waals surface area (Å²) >= 11 is 0. The van der Waals surface area contributed by atoms with Gasteiger partial charge in [0.2, 0.25) is 15.9 Å². The fourth-order valence-corrected chi connectivity index (χ4v) is 4.17. The molecule has 0 aliphatic rings. The number of carbonyl (C=O) groups is 1. The molecule has 0 spiro atoms. The van der Waals surface area contributed by atoms with Gasteiger partial charge in [0.25, 0.3) is 0 Å². The fraction of sp³-hybridized carbons (Fsp3) is 0.240. The molecule has 180 valence electrons. The van der Waals surface area contributed by atoms with Crippen LogP contribution in [-0.2, 0) is 21.2 Å². The van der Waals surface area contributed by atoms with Crippen LogP contribution in [0, 0.1) is 0 Å². The molecule has 8 nitrogen and oxygen atoms in total. The van der Waals surface area contributed by atoms with Crippen molar-refractivity contribution >= 4 is 21.6 Å². The number of ether oxygens (including phenoxy) is 3. The van der Waals surface area contributed by atoms with Crippen LogP contribution in [0.15, 0.2) is 72.8 Å². The van der Waals surface area contributed by atoms with Gasteiger partial charge in [-0.2, -0.15) is 0 Å². The van der Waals surface area contributed by atoms with Crippen LogP contribution in [0.2, 0.25) is 0 Å². The molecule has 34 heavy (non-hydrogen) atoms. The molecular weight excluding hydrogens is 456 g/mol. The van der Waals surface area contributed by atoms with Crippen molar-refractivity contribution in [2.24, 2.45) is 0 Å². The maximum atomic E-state index is 12.7. The van der Waals surface area contributed by atoms with Crippen LogP contribution in [-0.4, -0.2) is 47.9 Å². The molecule has 0 saturated carbocycles. The van der Waals surface area contributed by atoms with Crippen LogP contribution in [0.4, 0.5) is 5.69 Å². The Morgan fingerprint density at radius 2 is 1.56 bits per heavy atom. The molecule has 1 N–H and O–H groups in total. The van der Waals surface area contributed by atoms with Gasteiger partial charge < -0.3 is 19.5 Å². The zero-order valence-corrected chi connectivity index (χ0v) is 20.2. The second-order valence-electron chi connectivity index (χ2n) is 7.44. The number of hydrogen-bond acceptors (Lipinski definition) is 6. The minimum atomic E-state index is -3.76. The van der Waals surface area contributed by atoms with Gasteiger partial charge in [0.05, 0.1) is 26.2 Å². The van der Waals surface area contributed by atoms with Gasteiger partial charge in [0, 0.05) is 6.54 Å². The molecule has 0 radical (unpaired) electrons. The molecule has 3 rings (SSSR count). The summed E-state index contributed by atoms with van der Waals surface area (Å²) in [6.45, 7) is -0.0476. The molecule has 0 bridgehead atoms. The highest BCUT2D eigenvalue weighted by molar-refractivity contribution is 7.92. The van der Waals surface area contributed by atoms with Crippen LogP contribution < -0.4 is 23.8 Å². The second kappa shape index (κ2) is 11.4. The van der Waals surface area contributed by atoms with Crippen molar-refractivity contribution in [3.05, 3.63) is 78.4 Å². The Labute approximate surface area is 200 Å². The van der Waals surface area contributed by atoms with Crippen molar-refractivity contribution < 1.29 is 27.4 Å². The third-order valence-corrected chi connectivity index (χ3v) is 6.10. The lowest BCUT2D eigenvalue weighted by Crippen LogP contribution is -2.41. The number of amides is 1. The molecule has 0 heterocycles. The monoisotopic (exact) mass is 484 g/mol. The number of hydrogen-bond donors (Lipinski definition) is 1. The van der Waals surface area contributed by atoms with Gasteiger partial charge in [-0.05, 0) is 48.4 Å². The standard InChI is InChI=1S/C25H28N2O6S/c1-31-23-14-13-19(17-24(23)32-2)15-16-26-25(28)18-27(34(3,29)30)21-11-7-8-12-22(21)33-20-9-5-4-6-10-20/h4-14,17H,15-16,18H2,1-3H3,(H,26,28). The van der Waals surface area contributed by atoms with E-state index < -0.39 is 15.9 Å². The molecule has 0 fully saturated rings. The Morgan fingerprint density at radius 3 is 2.24 bits per heavy atom. The van der Waals surface area contributed by atoms with Crippen LogP contribution in [0.5, 0.6) is 23.0 Å². The van der Waals surface area contributed by atoms with Crippen LogP contribution >= 0.6 is 0 Å². The van der Waals surface area contributed by atoms with Gasteiger partial charge in [-0.25, -0.2) is 8.42 Å². The normalized spacial score (nSPS) is 10.9. The van der Waals surface area contributed by atoms with Gasteiger partial charge in [-0.3, -0.25) is 9.10 Å². The largest absolute Gasteiger partial charge is 0.493 e. The molecular formula is C25H28N2O6S. The molecule has 0 atom stereocenters. The van der Waals surface area contributed by atoms with Crippen molar-refractivity contribution in [1.29, 1.82) is 0 Å². The van der Waals surface area contributed by atoms with E-state index in [-0.39, 0.29) is 12.2 Å². The number of rotatable bonds is 11.